The highest BCUT2D eigenvalue weighted by molar-refractivity contribution is 8.00. The van der Waals surface area contributed by atoms with Crippen LogP contribution in [0, 0.1) is 19.7 Å². The van der Waals surface area contributed by atoms with Crippen LogP contribution in [0.4, 0.5) is 10.1 Å². The standard InChI is InChI=1S/C25H24FN5O2S/c1-16-12-17(2)14-19(13-16)28-24(32)23(18-8-4-3-5-9-18)34-25-30-29-22(31(25)27)15-33-21-11-7-6-10-20(21)26/h3-14,23H,15,27H2,1-2H3,(H,28,32)/t23-/m1/s1. The predicted octanol–water partition coefficient (Wildman–Crippen LogP) is 4.80. The van der Waals surface area contributed by atoms with Crippen LogP contribution in [0.25, 0.3) is 0 Å². The fourth-order valence-corrected chi connectivity index (χ4v) is 4.43. The van der Waals surface area contributed by atoms with Gasteiger partial charge in [0.05, 0.1) is 0 Å². The highest BCUT2D eigenvalue weighted by Crippen LogP contribution is 2.35. The average molecular weight is 478 g/mol. The smallest absolute Gasteiger partial charge is 0.242 e. The van der Waals surface area contributed by atoms with E-state index in [2.05, 4.69) is 15.5 Å². The van der Waals surface area contributed by atoms with Gasteiger partial charge in [0.15, 0.2) is 17.4 Å². The number of hydrogen-bond acceptors (Lipinski definition) is 6. The van der Waals surface area contributed by atoms with Gasteiger partial charge in [0.25, 0.3) is 0 Å². The van der Waals surface area contributed by atoms with E-state index in [9.17, 15) is 9.18 Å². The van der Waals surface area contributed by atoms with E-state index < -0.39 is 11.1 Å². The molecule has 0 aliphatic rings. The van der Waals surface area contributed by atoms with Crippen molar-refractivity contribution in [2.75, 3.05) is 11.2 Å². The van der Waals surface area contributed by atoms with Crippen molar-refractivity contribution in [3.05, 3.63) is 101 Å². The normalized spacial score (nSPS) is 11.7. The van der Waals surface area contributed by atoms with Gasteiger partial charge < -0.3 is 15.9 Å². The molecule has 4 rings (SSSR count). The summed E-state index contributed by atoms with van der Waals surface area (Å²) in [7, 11) is 0. The van der Waals surface area contributed by atoms with Crippen molar-refractivity contribution in [3.8, 4) is 5.75 Å². The van der Waals surface area contributed by atoms with Gasteiger partial charge in [0.1, 0.15) is 11.9 Å². The van der Waals surface area contributed by atoms with E-state index in [-0.39, 0.29) is 18.3 Å². The van der Waals surface area contributed by atoms with Gasteiger partial charge in [-0.05, 0) is 54.8 Å². The van der Waals surface area contributed by atoms with Gasteiger partial charge in [-0.1, -0.05) is 60.3 Å². The van der Waals surface area contributed by atoms with Crippen LogP contribution in [-0.4, -0.2) is 20.8 Å². The lowest BCUT2D eigenvalue weighted by atomic mass is 10.1. The van der Waals surface area contributed by atoms with Gasteiger partial charge in [-0.15, -0.1) is 10.2 Å². The van der Waals surface area contributed by atoms with E-state index >= 15 is 0 Å². The van der Waals surface area contributed by atoms with Crippen molar-refractivity contribution in [2.24, 2.45) is 0 Å². The number of thioether (sulfide) groups is 1. The number of ether oxygens (including phenoxy) is 1. The Morgan fingerprint density at radius 1 is 1.06 bits per heavy atom. The molecular formula is C25H24FN5O2S. The van der Waals surface area contributed by atoms with Crippen LogP contribution in [-0.2, 0) is 11.4 Å². The number of aromatic nitrogens is 3. The zero-order valence-electron chi connectivity index (χ0n) is 18.7. The maximum absolute atomic E-state index is 13.8. The second-order valence-corrected chi connectivity index (χ2v) is 8.83. The largest absolute Gasteiger partial charge is 0.482 e. The molecule has 0 fully saturated rings. The van der Waals surface area contributed by atoms with Crippen molar-refractivity contribution >= 4 is 23.4 Å². The molecule has 9 heteroatoms. The number of nitrogens with zero attached hydrogens (tertiary/aromatic N) is 3. The number of nitrogens with one attached hydrogen (secondary N) is 1. The number of halogens is 1. The third-order valence-electron chi connectivity index (χ3n) is 4.98. The van der Waals surface area contributed by atoms with Crippen LogP contribution in [0.2, 0.25) is 0 Å². The molecule has 0 aliphatic heterocycles. The van der Waals surface area contributed by atoms with Gasteiger partial charge in [0, 0.05) is 5.69 Å². The molecule has 0 saturated heterocycles. The molecule has 3 aromatic carbocycles. The van der Waals surface area contributed by atoms with Crippen molar-refractivity contribution in [2.45, 2.75) is 30.9 Å². The Hall–Kier alpha value is -3.85. The van der Waals surface area contributed by atoms with Crippen LogP contribution in [0.3, 0.4) is 0 Å². The minimum absolute atomic E-state index is 0.0736. The Bertz CT molecular complexity index is 1280. The zero-order chi connectivity index (χ0) is 24.1. The van der Waals surface area contributed by atoms with Crippen LogP contribution in [0.1, 0.15) is 27.8 Å². The third kappa shape index (κ3) is 5.55. The number of carbonyl (C=O) groups is 1. The molecule has 1 heterocycles. The van der Waals surface area contributed by atoms with Gasteiger partial charge in [-0.25, -0.2) is 9.07 Å². The van der Waals surface area contributed by atoms with Crippen LogP contribution in [0.5, 0.6) is 5.75 Å². The number of aryl methyl sites for hydroxylation is 2. The fraction of sp³-hybridized carbons (Fsp3) is 0.160. The van der Waals surface area contributed by atoms with Crippen molar-refractivity contribution < 1.29 is 13.9 Å². The number of nitrogens with two attached hydrogens (primary N) is 1. The second kappa shape index (κ2) is 10.4. The summed E-state index contributed by atoms with van der Waals surface area (Å²) in [6.07, 6.45) is 0. The lowest BCUT2D eigenvalue weighted by Gasteiger charge is -2.17. The summed E-state index contributed by atoms with van der Waals surface area (Å²) in [6, 6.07) is 21.3. The monoisotopic (exact) mass is 477 g/mol. The van der Waals surface area contributed by atoms with E-state index in [0.717, 1.165) is 22.4 Å². The quantitative estimate of drug-likeness (QED) is 0.280. The third-order valence-corrected chi connectivity index (χ3v) is 6.19. The Balaban J connectivity index is 1.54. The molecule has 0 saturated carbocycles. The number of nitrogen functional groups attached to an aromatic ring is 1. The maximum atomic E-state index is 13.8. The summed E-state index contributed by atoms with van der Waals surface area (Å²) >= 11 is 1.17. The van der Waals surface area contributed by atoms with E-state index in [4.69, 9.17) is 10.6 Å². The summed E-state index contributed by atoms with van der Waals surface area (Å²) in [6.45, 7) is 3.89. The lowest BCUT2D eigenvalue weighted by Crippen LogP contribution is -2.21. The summed E-state index contributed by atoms with van der Waals surface area (Å²) in [5.41, 5.74) is 3.62. The first-order valence-corrected chi connectivity index (χ1v) is 11.5. The van der Waals surface area contributed by atoms with E-state index in [0.29, 0.717) is 11.0 Å². The topological polar surface area (TPSA) is 95.1 Å². The van der Waals surface area contributed by atoms with Gasteiger partial charge in [-0.3, -0.25) is 4.79 Å². The maximum Gasteiger partial charge on any atom is 0.242 e. The van der Waals surface area contributed by atoms with Gasteiger partial charge >= 0.3 is 0 Å². The number of carbonyl (C=O) groups excluding carboxylic acids is 1. The molecule has 34 heavy (non-hydrogen) atoms. The number of anilines is 1. The minimum Gasteiger partial charge on any atom is -0.482 e. The number of amides is 1. The molecule has 1 aromatic heterocycles. The molecule has 1 atom stereocenters. The Morgan fingerprint density at radius 3 is 2.44 bits per heavy atom. The molecule has 7 nitrogen and oxygen atoms in total. The molecular weight excluding hydrogens is 453 g/mol. The Labute approximate surface area is 201 Å². The van der Waals surface area contributed by atoms with Crippen LogP contribution < -0.4 is 15.9 Å². The van der Waals surface area contributed by atoms with Crippen LogP contribution in [0.15, 0.2) is 78.0 Å². The van der Waals surface area contributed by atoms with Gasteiger partial charge in [-0.2, -0.15) is 0 Å². The van der Waals surface area contributed by atoms with E-state index in [1.807, 2.05) is 62.4 Å². The van der Waals surface area contributed by atoms with E-state index in [1.165, 1.54) is 28.6 Å². The van der Waals surface area contributed by atoms with Crippen LogP contribution >= 0.6 is 11.8 Å². The number of para-hydroxylation sites is 1. The van der Waals surface area contributed by atoms with E-state index in [1.54, 1.807) is 12.1 Å². The highest BCUT2D eigenvalue weighted by Gasteiger charge is 2.26. The molecule has 174 valence electrons. The first-order valence-electron chi connectivity index (χ1n) is 10.6. The lowest BCUT2D eigenvalue weighted by molar-refractivity contribution is -0.115. The summed E-state index contributed by atoms with van der Waals surface area (Å²) < 4.78 is 20.6. The molecule has 4 aromatic rings. The van der Waals surface area contributed by atoms with Crippen molar-refractivity contribution in [1.82, 2.24) is 14.9 Å². The Morgan fingerprint density at radius 2 is 1.74 bits per heavy atom. The van der Waals surface area contributed by atoms with Crippen molar-refractivity contribution in [1.29, 1.82) is 0 Å². The molecule has 0 bridgehead atoms. The van der Waals surface area contributed by atoms with Gasteiger partial charge in [0.2, 0.25) is 11.1 Å². The molecule has 0 unspecified atom stereocenters. The number of benzene rings is 3. The molecule has 3 N–H and O–H groups in total. The molecule has 1 amide bonds. The SMILES string of the molecule is Cc1cc(C)cc(NC(=O)[C@H](Sc2nnc(COc3ccccc3F)n2N)c2ccccc2)c1. The average Bonchev–Trinajstić information content (AvgIpc) is 3.15. The van der Waals surface area contributed by atoms with Crippen molar-refractivity contribution in [3.63, 3.8) is 0 Å². The first kappa shape index (κ1) is 23.3. The fourth-order valence-electron chi connectivity index (χ4n) is 3.45. The molecule has 0 aliphatic carbocycles. The first-order chi connectivity index (χ1) is 16.4. The second-order valence-electron chi connectivity index (χ2n) is 7.76. The minimum atomic E-state index is -0.631. The Kier molecular flexibility index (Phi) is 7.12. The zero-order valence-corrected chi connectivity index (χ0v) is 19.6. The predicted molar refractivity (Wildman–Crippen MR) is 130 cm³/mol. The number of rotatable bonds is 8. The highest BCUT2D eigenvalue weighted by atomic mass is 32.2. The summed E-state index contributed by atoms with van der Waals surface area (Å²) in [5.74, 6) is 5.89. The number of hydrogen-bond donors (Lipinski definition) is 2. The molecule has 0 spiro atoms. The summed E-state index contributed by atoms with van der Waals surface area (Å²) in [5, 5.41) is 10.9. The molecule has 0 radical (unpaired) electrons. The summed E-state index contributed by atoms with van der Waals surface area (Å²) in [4.78, 5) is 13.3.